The van der Waals surface area contributed by atoms with Gasteiger partial charge in [-0.15, -0.1) is 0 Å². The molecule has 7 heteroatoms. The van der Waals surface area contributed by atoms with E-state index in [4.69, 9.17) is 0 Å². The van der Waals surface area contributed by atoms with Gasteiger partial charge < -0.3 is 10.6 Å². The number of nitrogens with zero attached hydrogens (tertiary/aromatic N) is 2. The van der Waals surface area contributed by atoms with Crippen LogP contribution in [-0.4, -0.2) is 21.6 Å². The summed E-state index contributed by atoms with van der Waals surface area (Å²) in [5.74, 6) is -0.823. The van der Waals surface area contributed by atoms with Gasteiger partial charge in [0.15, 0.2) is 0 Å². The second kappa shape index (κ2) is 9.95. The molecule has 170 valence electrons. The van der Waals surface area contributed by atoms with Crippen molar-refractivity contribution in [3.63, 3.8) is 0 Å². The van der Waals surface area contributed by atoms with Crippen LogP contribution in [0.25, 0.3) is 11.3 Å². The van der Waals surface area contributed by atoms with Crippen LogP contribution in [0.1, 0.15) is 21.5 Å². The Morgan fingerprint density at radius 3 is 2.26 bits per heavy atom. The second-order valence-corrected chi connectivity index (χ2v) is 8.01. The van der Waals surface area contributed by atoms with Gasteiger partial charge in [0.1, 0.15) is 12.2 Å². The molecule has 0 unspecified atom stereocenters. The van der Waals surface area contributed by atoms with Crippen LogP contribution in [0.15, 0.2) is 89.7 Å². The number of aromatic nitrogens is 2. The molecule has 0 fully saturated rings. The summed E-state index contributed by atoms with van der Waals surface area (Å²) in [4.78, 5) is 38.5. The predicted molar refractivity (Wildman–Crippen MR) is 133 cm³/mol. The number of benzene rings is 3. The average Bonchev–Trinajstić information content (AvgIpc) is 2.82. The van der Waals surface area contributed by atoms with E-state index in [1.165, 1.54) is 6.07 Å². The van der Waals surface area contributed by atoms with E-state index in [1.54, 1.807) is 36.4 Å². The first-order chi connectivity index (χ1) is 16.4. The number of nitrogens with one attached hydrogen (secondary N) is 2. The van der Waals surface area contributed by atoms with Crippen LogP contribution in [0.3, 0.4) is 0 Å². The molecular formula is C27H24N4O3. The fourth-order valence-corrected chi connectivity index (χ4v) is 3.45. The number of aryl methyl sites for hydroxylation is 2. The zero-order valence-electron chi connectivity index (χ0n) is 18.9. The summed E-state index contributed by atoms with van der Waals surface area (Å²) in [5.41, 5.74) is 3.82. The van der Waals surface area contributed by atoms with Gasteiger partial charge in [0, 0.05) is 16.8 Å². The van der Waals surface area contributed by atoms with Gasteiger partial charge in [0.25, 0.3) is 11.5 Å². The topological polar surface area (TPSA) is 93.1 Å². The minimum atomic E-state index is -0.570. The van der Waals surface area contributed by atoms with Gasteiger partial charge in [-0.25, -0.2) is 4.68 Å². The van der Waals surface area contributed by atoms with Crippen LogP contribution < -0.4 is 16.2 Å². The maximum Gasteiger partial charge on any atom is 0.291 e. The molecule has 0 spiro atoms. The Morgan fingerprint density at radius 1 is 0.824 bits per heavy atom. The summed E-state index contributed by atoms with van der Waals surface area (Å²) in [6.07, 6.45) is 0. The number of rotatable bonds is 6. The van der Waals surface area contributed by atoms with Crippen molar-refractivity contribution in [2.75, 3.05) is 10.6 Å². The maximum atomic E-state index is 13.1. The summed E-state index contributed by atoms with van der Waals surface area (Å²) < 4.78 is 1.07. The largest absolute Gasteiger partial charge is 0.324 e. The van der Waals surface area contributed by atoms with E-state index in [-0.39, 0.29) is 12.2 Å². The van der Waals surface area contributed by atoms with Crippen molar-refractivity contribution in [1.29, 1.82) is 0 Å². The first-order valence-electron chi connectivity index (χ1n) is 10.8. The molecule has 7 nitrogen and oxygen atoms in total. The Kier molecular flexibility index (Phi) is 6.64. The van der Waals surface area contributed by atoms with Gasteiger partial charge in [-0.2, -0.15) is 5.10 Å². The lowest BCUT2D eigenvalue weighted by molar-refractivity contribution is -0.117. The van der Waals surface area contributed by atoms with E-state index in [9.17, 15) is 14.4 Å². The molecule has 0 bridgehead atoms. The molecular weight excluding hydrogens is 428 g/mol. The lowest BCUT2D eigenvalue weighted by Gasteiger charge is -2.12. The highest BCUT2D eigenvalue weighted by molar-refractivity contribution is 6.04. The minimum Gasteiger partial charge on any atom is -0.324 e. The highest BCUT2D eigenvalue weighted by Gasteiger charge is 2.16. The Balaban J connectivity index is 1.68. The normalized spacial score (nSPS) is 10.5. The first kappa shape index (κ1) is 22.7. The standard InChI is InChI=1S/C27H24N4O3/c1-18-11-13-20(14-12-18)23-16-24(29-26(33)21-8-4-3-5-9-21)27(34)31(30-23)17-25(32)28-22-10-6-7-19(2)15-22/h3-16H,17H2,1-2H3,(H,28,32)(H,29,33). The lowest BCUT2D eigenvalue weighted by Crippen LogP contribution is -2.32. The quantitative estimate of drug-likeness (QED) is 0.453. The molecule has 0 radical (unpaired) electrons. The van der Waals surface area contributed by atoms with Gasteiger partial charge in [0.2, 0.25) is 5.91 Å². The summed E-state index contributed by atoms with van der Waals surface area (Å²) >= 11 is 0. The van der Waals surface area contributed by atoms with Gasteiger partial charge in [-0.1, -0.05) is 60.2 Å². The Hall–Kier alpha value is -4.52. The van der Waals surface area contributed by atoms with Crippen molar-refractivity contribution in [3.8, 4) is 11.3 Å². The zero-order chi connectivity index (χ0) is 24.1. The van der Waals surface area contributed by atoms with E-state index in [0.717, 1.165) is 21.4 Å². The van der Waals surface area contributed by atoms with Crippen LogP contribution in [0, 0.1) is 13.8 Å². The summed E-state index contributed by atoms with van der Waals surface area (Å²) in [6, 6.07) is 25.1. The SMILES string of the molecule is Cc1ccc(-c2cc(NC(=O)c3ccccc3)c(=O)n(CC(=O)Nc3cccc(C)c3)n2)cc1. The number of hydrogen-bond acceptors (Lipinski definition) is 4. The third-order valence-corrected chi connectivity index (χ3v) is 5.20. The number of anilines is 2. The first-order valence-corrected chi connectivity index (χ1v) is 10.8. The van der Waals surface area contributed by atoms with E-state index in [2.05, 4.69) is 15.7 Å². The molecule has 4 aromatic rings. The molecule has 1 heterocycles. The van der Waals surface area contributed by atoms with Crippen LogP contribution in [-0.2, 0) is 11.3 Å². The molecule has 2 amide bonds. The summed E-state index contributed by atoms with van der Waals surface area (Å²) in [5, 5.41) is 9.86. The Morgan fingerprint density at radius 2 is 1.56 bits per heavy atom. The summed E-state index contributed by atoms with van der Waals surface area (Å²) in [7, 11) is 0. The highest BCUT2D eigenvalue weighted by atomic mass is 16.2. The second-order valence-electron chi connectivity index (χ2n) is 8.01. The monoisotopic (exact) mass is 452 g/mol. The lowest BCUT2D eigenvalue weighted by atomic mass is 10.1. The van der Waals surface area contributed by atoms with Crippen molar-refractivity contribution < 1.29 is 9.59 Å². The van der Waals surface area contributed by atoms with Crippen molar-refractivity contribution >= 4 is 23.2 Å². The molecule has 2 N–H and O–H groups in total. The van der Waals surface area contributed by atoms with Crippen molar-refractivity contribution in [1.82, 2.24) is 9.78 Å². The molecule has 0 aliphatic heterocycles. The van der Waals surface area contributed by atoms with Crippen molar-refractivity contribution in [2.45, 2.75) is 20.4 Å². The van der Waals surface area contributed by atoms with Gasteiger partial charge in [-0.3, -0.25) is 14.4 Å². The van der Waals surface area contributed by atoms with Crippen LogP contribution >= 0.6 is 0 Å². The van der Waals surface area contributed by atoms with E-state index in [0.29, 0.717) is 16.9 Å². The number of carbonyl (C=O) groups is 2. The predicted octanol–water partition coefficient (Wildman–Crippen LogP) is 4.42. The van der Waals surface area contributed by atoms with E-state index < -0.39 is 17.4 Å². The third kappa shape index (κ3) is 5.45. The zero-order valence-corrected chi connectivity index (χ0v) is 18.9. The van der Waals surface area contributed by atoms with Gasteiger partial charge >= 0.3 is 0 Å². The number of hydrogen-bond donors (Lipinski definition) is 2. The highest BCUT2D eigenvalue weighted by Crippen LogP contribution is 2.19. The van der Waals surface area contributed by atoms with Gasteiger partial charge in [0.05, 0.1) is 5.69 Å². The van der Waals surface area contributed by atoms with Crippen LogP contribution in [0.4, 0.5) is 11.4 Å². The molecule has 1 aromatic heterocycles. The molecule has 0 atom stereocenters. The van der Waals surface area contributed by atoms with E-state index >= 15 is 0 Å². The molecule has 4 rings (SSSR count). The minimum absolute atomic E-state index is 0.0442. The van der Waals surface area contributed by atoms with Crippen molar-refractivity contribution in [2.24, 2.45) is 0 Å². The Bertz CT molecular complexity index is 1390. The maximum absolute atomic E-state index is 13.1. The van der Waals surface area contributed by atoms with Gasteiger partial charge in [-0.05, 0) is 49.7 Å². The van der Waals surface area contributed by atoms with Crippen molar-refractivity contribution in [3.05, 3.63) is 112 Å². The fraction of sp³-hybridized carbons (Fsp3) is 0.111. The summed E-state index contributed by atoms with van der Waals surface area (Å²) in [6.45, 7) is 3.59. The Labute approximate surface area is 197 Å². The van der Waals surface area contributed by atoms with E-state index in [1.807, 2.05) is 56.3 Å². The molecule has 0 saturated carbocycles. The molecule has 3 aromatic carbocycles. The molecule has 34 heavy (non-hydrogen) atoms. The fourth-order valence-electron chi connectivity index (χ4n) is 3.45. The smallest absolute Gasteiger partial charge is 0.291 e. The molecule has 0 saturated heterocycles. The average molecular weight is 453 g/mol. The number of carbonyl (C=O) groups excluding carboxylic acids is 2. The van der Waals surface area contributed by atoms with Crippen LogP contribution in [0.2, 0.25) is 0 Å². The molecule has 0 aliphatic carbocycles. The third-order valence-electron chi connectivity index (χ3n) is 5.20. The molecule has 0 aliphatic rings. The van der Waals surface area contributed by atoms with Crippen LogP contribution in [0.5, 0.6) is 0 Å². The number of amides is 2.